The van der Waals surface area contributed by atoms with Crippen LogP contribution in [-0.2, 0) is 6.61 Å². The number of para-hydroxylation sites is 1. The van der Waals surface area contributed by atoms with Gasteiger partial charge in [0.15, 0.2) is 0 Å². The molecular weight excluding hydrogens is 260 g/mol. The first kappa shape index (κ1) is 13.5. The van der Waals surface area contributed by atoms with E-state index in [2.05, 4.69) is 10.1 Å². The van der Waals surface area contributed by atoms with E-state index in [0.29, 0.717) is 24.5 Å². The molecule has 0 saturated heterocycles. The summed E-state index contributed by atoms with van der Waals surface area (Å²) >= 11 is 1.58. The van der Waals surface area contributed by atoms with E-state index in [1.165, 1.54) is 0 Å². The fraction of sp³-hybridized carbons (Fsp3) is 0.286. The Kier molecular flexibility index (Phi) is 4.52. The van der Waals surface area contributed by atoms with Gasteiger partial charge < -0.3 is 9.94 Å². The summed E-state index contributed by atoms with van der Waals surface area (Å²) in [6.07, 6.45) is 0.646. The molecule has 0 aliphatic heterocycles. The number of oxime groups is 1. The highest BCUT2D eigenvalue weighted by atomic mass is 32.1. The summed E-state index contributed by atoms with van der Waals surface area (Å²) in [5.41, 5.74) is 2.44. The Morgan fingerprint density at radius 1 is 1.42 bits per heavy atom. The van der Waals surface area contributed by atoms with Gasteiger partial charge in [0, 0.05) is 16.6 Å². The predicted octanol–water partition coefficient (Wildman–Crippen LogP) is 3.62. The van der Waals surface area contributed by atoms with Crippen LogP contribution in [0.2, 0.25) is 0 Å². The van der Waals surface area contributed by atoms with Crippen LogP contribution in [0.25, 0.3) is 0 Å². The molecule has 5 heteroatoms. The molecule has 0 spiro atoms. The summed E-state index contributed by atoms with van der Waals surface area (Å²) in [5.74, 6) is 0.713. The molecule has 0 radical (unpaired) electrons. The van der Waals surface area contributed by atoms with Gasteiger partial charge in [-0.15, -0.1) is 11.3 Å². The standard InChI is InChI=1S/C14H16N2O2S/c1-3-12(16-17)11-6-4-5-7-13(11)18-8-14-15-10(2)9-19-14/h4-7,9,17H,3,8H2,1-2H3. The first-order valence-electron chi connectivity index (χ1n) is 6.08. The van der Waals surface area contributed by atoms with Gasteiger partial charge in [-0.05, 0) is 25.5 Å². The van der Waals surface area contributed by atoms with Crippen LogP contribution in [0.1, 0.15) is 29.6 Å². The summed E-state index contributed by atoms with van der Waals surface area (Å²) < 4.78 is 5.78. The Morgan fingerprint density at radius 3 is 2.84 bits per heavy atom. The van der Waals surface area contributed by atoms with Gasteiger partial charge in [0.2, 0.25) is 0 Å². The molecular formula is C14H16N2O2S. The monoisotopic (exact) mass is 276 g/mol. The van der Waals surface area contributed by atoms with Crippen molar-refractivity contribution in [2.24, 2.45) is 5.16 Å². The van der Waals surface area contributed by atoms with Gasteiger partial charge in [-0.3, -0.25) is 0 Å². The van der Waals surface area contributed by atoms with E-state index in [1.54, 1.807) is 11.3 Å². The highest BCUT2D eigenvalue weighted by Gasteiger charge is 2.10. The third kappa shape index (κ3) is 3.32. The van der Waals surface area contributed by atoms with Gasteiger partial charge in [0.1, 0.15) is 17.4 Å². The van der Waals surface area contributed by atoms with Crippen LogP contribution in [0, 0.1) is 6.92 Å². The van der Waals surface area contributed by atoms with Crippen LogP contribution in [0.3, 0.4) is 0 Å². The maximum Gasteiger partial charge on any atom is 0.140 e. The predicted molar refractivity (Wildman–Crippen MR) is 76.2 cm³/mol. The molecule has 2 aromatic rings. The highest BCUT2D eigenvalue weighted by molar-refractivity contribution is 7.09. The maximum atomic E-state index is 9.01. The zero-order chi connectivity index (χ0) is 13.7. The maximum absolute atomic E-state index is 9.01. The first-order valence-corrected chi connectivity index (χ1v) is 6.96. The van der Waals surface area contributed by atoms with Crippen LogP contribution in [0.4, 0.5) is 0 Å². The lowest BCUT2D eigenvalue weighted by Crippen LogP contribution is -2.04. The average molecular weight is 276 g/mol. The number of hydrogen-bond donors (Lipinski definition) is 1. The molecule has 1 aromatic heterocycles. The number of ether oxygens (including phenoxy) is 1. The lowest BCUT2D eigenvalue weighted by Gasteiger charge is -2.10. The van der Waals surface area contributed by atoms with Crippen molar-refractivity contribution >= 4 is 17.0 Å². The van der Waals surface area contributed by atoms with Crippen molar-refractivity contribution in [3.63, 3.8) is 0 Å². The molecule has 100 valence electrons. The highest BCUT2D eigenvalue weighted by Crippen LogP contribution is 2.22. The van der Waals surface area contributed by atoms with E-state index in [4.69, 9.17) is 9.94 Å². The van der Waals surface area contributed by atoms with Crippen molar-refractivity contribution in [1.82, 2.24) is 4.98 Å². The number of hydrogen-bond acceptors (Lipinski definition) is 5. The van der Waals surface area contributed by atoms with E-state index in [-0.39, 0.29) is 0 Å². The molecule has 0 bridgehead atoms. The molecule has 0 aliphatic rings. The quantitative estimate of drug-likeness (QED) is 0.515. The van der Waals surface area contributed by atoms with Gasteiger partial charge >= 0.3 is 0 Å². The minimum Gasteiger partial charge on any atom is -0.486 e. The van der Waals surface area contributed by atoms with Gasteiger partial charge in [0.25, 0.3) is 0 Å². The number of rotatable bonds is 5. The van der Waals surface area contributed by atoms with Gasteiger partial charge in [-0.25, -0.2) is 4.98 Å². The fourth-order valence-electron chi connectivity index (χ4n) is 1.75. The molecule has 0 amide bonds. The second-order valence-electron chi connectivity index (χ2n) is 4.07. The normalized spacial score (nSPS) is 11.6. The van der Waals surface area contributed by atoms with Crippen molar-refractivity contribution < 1.29 is 9.94 Å². The second-order valence-corrected chi connectivity index (χ2v) is 5.01. The van der Waals surface area contributed by atoms with E-state index < -0.39 is 0 Å². The summed E-state index contributed by atoms with van der Waals surface area (Å²) in [6, 6.07) is 7.56. The molecule has 2 rings (SSSR count). The van der Waals surface area contributed by atoms with Gasteiger partial charge in [-0.2, -0.15) is 0 Å². The number of aromatic nitrogens is 1. The van der Waals surface area contributed by atoms with Crippen molar-refractivity contribution in [2.45, 2.75) is 26.9 Å². The van der Waals surface area contributed by atoms with E-state index in [9.17, 15) is 0 Å². The summed E-state index contributed by atoms with van der Waals surface area (Å²) in [4.78, 5) is 4.35. The SMILES string of the molecule is CCC(=NO)c1ccccc1OCc1nc(C)cs1. The topological polar surface area (TPSA) is 54.7 Å². The largest absolute Gasteiger partial charge is 0.486 e. The Labute approximate surface area is 116 Å². The van der Waals surface area contributed by atoms with Crippen molar-refractivity contribution in [3.8, 4) is 5.75 Å². The minimum absolute atomic E-state index is 0.429. The van der Waals surface area contributed by atoms with E-state index >= 15 is 0 Å². The molecule has 4 nitrogen and oxygen atoms in total. The molecule has 0 fully saturated rings. The lowest BCUT2D eigenvalue weighted by atomic mass is 10.1. The Morgan fingerprint density at radius 2 is 2.21 bits per heavy atom. The first-order chi connectivity index (χ1) is 9.24. The van der Waals surface area contributed by atoms with E-state index in [1.807, 2.05) is 43.5 Å². The molecule has 0 unspecified atom stereocenters. The number of benzene rings is 1. The number of thiazole rings is 1. The molecule has 1 aromatic carbocycles. The van der Waals surface area contributed by atoms with Crippen LogP contribution in [0.15, 0.2) is 34.8 Å². The van der Waals surface area contributed by atoms with Crippen LogP contribution in [0.5, 0.6) is 5.75 Å². The number of aryl methyl sites for hydroxylation is 1. The molecule has 0 atom stereocenters. The molecule has 1 heterocycles. The van der Waals surface area contributed by atoms with Crippen molar-refractivity contribution in [2.75, 3.05) is 0 Å². The fourth-order valence-corrected chi connectivity index (χ4v) is 2.44. The van der Waals surface area contributed by atoms with Crippen LogP contribution in [-0.4, -0.2) is 15.9 Å². The lowest BCUT2D eigenvalue weighted by molar-refractivity contribution is 0.302. The van der Waals surface area contributed by atoms with E-state index in [0.717, 1.165) is 16.3 Å². The average Bonchev–Trinajstić information content (AvgIpc) is 2.85. The Hall–Kier alpha value is -1.88. The third-order valence-electron chi connectivity index (χ3n) is 2.67. The van der Waals surface area contributed by atoms with Crippen molar-refractivity contribution in [1.29, 1.82) is 0 Å². The summed E-state index contributed by atoms with van der Waals surface area (Å²) in [7, 11) is 0. The number of nitrogens with zero attached hydrogens (tertiary/aromatic N) is 2. The minimum atomic E-state index is 0.429. The molecule has 1 N–H and O–H groups in total. The van der Waals surface area contributed by atoms with Crippen molar-refractivity contribution in [3.05, 3.63) is 45.9 Å². The van der Waals surface area contributed by atoms with Crippen LogP contribution < -0.4 is 4.74 Å². The zero-order valence-corrected chi connectivity index (χ0v) is 11.8. The smallest absolute Gasteiger partial charge is 0.140 e. The molecule has 19 heavy (non-hydrogen) atoms. The van der Waals surface area contributed by atoms with Crippen LogP contribution >= 0.6 is 11.3 Å². The van der Waals surface area contributed by atoms with Gasteiger partial charge in [-0.1, -0.05) is 24.2 Å². The van der Waals surface area contributed by atoms with Gasteiger partial charge in [0.05, 0.1) is 5.71 Å². The molecule has 0 saturated carbocycles. The Balaban J connectivity index is 2.16. The third-order valence-corrected chi connectivity index (χ3v) is 3.61. The Bertz CT molecular complexity index is 578. The summed E-state index contributed by atoms with van der Waals surface area (Å²) in [5, 5.41) is 15.3. The zero-order valence-electron chi connectivity index (χ0n) is 11.0. The second kappa shape index (κ2) is 6.33. The summed E-state index contributed by atoms with van der Waals surface area (Å²) in [6.45, 7) is 4.33. The molecule has 0 aliphatic carbocycles.